The quantitative estimate of drug-likeness (QED) is 0.720. The predicted octanol–water partition coefficient (Wildman–Crippen LogP) is 0.833. The first kappa shape index (κ1) is 14.4. The molecule has 0 aromatic carbocycles. The Labute approximate surface area is 103 Å². The van der Waals surface area contributed by atoms with Crippen LogP contribution in [0.5, 0.6) is 0 Å². The molecule has 0 bridgehead atoms. The van der Waals surface area contributed by atoms with Crippen LogP contribution in [0.15, 0.2) is 0 Å². The number of methoxy groups -OCH3 is 1. The Balaban J connectivity index is 2.74. The molecule has 3 unspecified atom stereocenters. The highest BCUT2D eigenvalue weighted by Crippen LogP contribution is 2.23. The summed E-state index contributed by atoms with van der Waals surface area (Å²) in [5, 5.41) is 9.17. The zero-order valence-electron chi connectivity index (χ0n) is 10.9. The summed E-state index contributed by atoms with van der Waals surface area (Å²) in [5.41, 5.74) is 0. The summed E-state index contributed by atoms with van der Waals surface area (Å²) in [4.78, 5) is 13.4. The predicted molar refractivity (Wildman–Crippen MR) is 64.1 cm³/mol. The van der Waals surface area contributed by atoms with Crippen LogP contribution in [0.3, 0.4) is 0 Å². The van der Waals surface area contributed by atoms with Crippen molar-refractivity contribution in [3.8, 4) is 0 Å². The van der Waals surface area contributed by atoms with Gasteiger partial charge in [-0.15, -0.1) is 0 Å². The van der Waals surface area contributed by atoms with Crippen molar-refractivity contribution in [3.05, 3.63) is 0 Å². The average molecular weight is 245 g/mol. The van der Waals surface area contributed by atoms with E-state index in [0.717, 1.165) is 13.0 Å². The SMILES string of the molecule is CCC(COC)N(CC)C1COCC1C(=O)O. The fourth-order valence-corrected chi connectivity index (χ4v) is 2.51. The molecule has 0 saturated carbocycles. The molecule has 1 N–H and O–H groups in total. The summed E-state index contributed by atoms with van der Waals surface area (Å²) >= 11 is 0. The van der Waals surface area contributed by atoms with Crippen molar-refractivity contribution in [1.29, 1.82) is 0 Å². The van der Waals surface area contributed by atoms with Gasteiger partial charge in [-0.3, -0.25) is 9.69 Å². The van der Waals surface area contributed by atoms with Crippen molar-refractivity contribution in [2.24, 2.45) is 5.92 Å². The van der Waals surface area contributed by atoms with Gasteiger partial charge in [0.1, 0.15) is 0 Å². The minimum Gasteiger partial charge on any atom is -0.481 e. The molecule has 0 aromatic rings. The average Bonchev–Trinajstić information content (AvgIpc) is 2.78. The van der Waals surface area contributed by atoms with Gasteiger partial charge in [0, 0.05) is 19.2 Å². The van der Waals surface area contributed by atoms with Gasteiger partial charge in [0.15, 0.2) is 0 Å². The van der Waals surface area contributed by atoms with E-state index < -0.39 is 11.9 Å². The van der Waals surface area contributed by atoms with Gasteiger partial charge < -0.3 is 14.6 Å². The molecular formula is C12H23NO4. The van der Waals surface area contributed by atoms with E-state index in [0.29, 0.717) is 19.8 Å². The van der Waals surface area contributed by atoms with Crippen LogP contribution in [0.25, 0.3) is 0 Å². The summed E-state index contributed by atoms with van der Waals surface area (Å²) < 4.78 is 10.5. The summed E-state index contributed by atoms with van der Waals surface area (Å²) in [5.74, 6) is -1.18. The summed E-state index contributed by atoms with van der Waals surface area (Å²) in [6.07, 6.45) is 0.949. The Morgan fingerprint density at radius 1 is 1.53 bits per heavy atom. The normalized spacial score (nSPS) is 26.4. The van der Waals surface area contributed by atoms with Gasteiger partial charge >= 0.3 is 5.97 Å². The van der Waals surface area contributed by atoms with E-state index in [1.807, 2.05) is 0 Å². The lowest BCUT2D eigenvalue weighted by atomic mass is 10.00. The molecule has 1 fully saturated rings. The van der Waals surface area contributed by atoms with Crippen molar-refractivity contribution in [3.63, 3.8) is 0 Å². The number of hydrogen-bond acceptors (Lipinski definition) is 4. The minimum atomic E-state index is -0.766. The van der Waals surface area contributed by atoms with Gasteiger partial charge in [-0.1, -0.05) is 13.8 Å². The van der Waals surface area contributed by atoms with Gasteiger partial charge in [-0.25, -0.2) is 0 Å². The topological polar surface area (TPSA) is 59.0 Å². The third-order valence-corrected chi connectivity index (χ3v) is 3.46. The van der Waals surface area contributed by atoms with Crippen LogP contribution in [0, 0.1) is 5.92 Å². The molecule has 0 radical (unpaired) electrons. The monoisotopic (exact) mass is 245 g/mol. The lowest BCUT2D eigenvalue weighted by molar-refractivity contribution is -0.143. The van der Waals surface area contributed by atoms with Crippen LogP contribution in [0.4, 0.5) is 0 Å². The molecule has 0 amide bonds. The number of carbonyl (C=O) groups is 1. The van der Waals surface area contributed by atoms with Crippen LogP contribution in [-0.2, 0) is 14.3 Å². The number of carboxylic acids is 1. The van der Waals surface area contributed by atoms with Gasteiger partial charge in [-0.2, -0.15) is 0 Å². The molecule has 1 rings (SSSR count). The van der Waals surface area contributed by atoms with E-state index in [1.54, 1.807) is 7.11 Å². The zero-order valence-corrected chi connectivity index (χ0v) is 10.9. The van der Waals surface area contributed by atoms with Gasteiger partial charge in [0.05, 0.1) is 25.7 Å². The lowest BCUT2D eigenvalue weighted by Crippen LogP contribution is -2.49. The lowest BCUT2D eigenvalue weighted by Gasteiger charge is -2.35. The van der Waals surface area contributed by atoms with Gasteiger partial charge in [0.25, 0.3) is 0 Å². The highest BCUT2D eigenvalue weighted by Gasteiger charge is 2.39. The highest BCUT2D eigenvalue weighted by atomic mass is 16.5. The fourth-order valence-electron chi connectivity index (χ4n) is 2.51. The second-order valence-corrected chi connectivity index (χ2v) is 4.40. The summed E-state index contributed by atoms with van der Waals surface area (Å²) in [6, 6.07) is 0.233. The zero-order chi connectivity index (χ0) is 12.8. The molecule has 5 heteroatoms. The van der Waals surface area contributed by atoms with Crippen molar-refractivity contribution < 1.29 is 19.4 Å². The van der Waals surface area contributed by atoms with Crippen LogP contribution in [0.2, 0.25) is 0 Å². The number of rotatable bonds is 7. The molecule has 100 valence electrons. The van der Waals surface area contributed by atoms with Gasteiger partial charge in [-0.05, 0) is 13.0 Å². The molecule has 0 aliphatic carbocycles. The Kier molecular flexibility index (Phi) is 5.88. The minimum absolute atomic E-state index is 0.0300. The van der Waals surface area contributed by atoms with E-state index >= 15 is 0 Å². The number of ether oxygens (including phenoxy) is 2. The Morgan fingerprint density at radius 3 is 2.71 bits per heavy atom. The Bertz CT molecular complexity index is 247. The van der Waals surface area contributed by atoms with Crippen molar-refractivity contribution in [2.45, 2.75) is 32.4 Å². The van der Waals surface area contributed by atoms with E-state index in [2.05, 4.69) is 18.7 Å². The first-order valence-electron chi connectivity index (χ1n) is 6.20. The first-order chi connectivity index (χ1) is 8.15. The second-order valence-electron chi connectivity index (χ2n) is 4.40. The van der Waals surface area contributed by atoms with E-state index in [4.69, 9.17) is 9.47 Å². The standard InChI is InChI=1S/C12H23NO4/c1-4-9(6-16-3)13(5-2)11-8-17-7-10(11)12(14)15/h9-11H,4-8H2,1-3H3,(H,14,15). The smallest absolute Gasteiger partial charge is 0.310 e. The van der Waals surface area contributed by atoms with E-state index in [-0.39, 0.29) is 12.1 Å². The van der Waals surface area contributed by atoms with Crippen LogP contribution in [0.1, 0.15) is 20.3 Å². The number of aliphatic carboxylic acids is 1. The van der Waals surface area contributed by atoms with Crippen LogP contribution >= 0.6 is 0 Å². The fraction of sp³-hybridized carbons (Fsp3) is 0.917. The maximum absolute atomic E-state index is 11.2. The third kappa shape index (κ3) is 3.40. The first-order valence-corrected chi connectivity index (χ1v) is 6.20. The number of carboxylic acid groups (broad SMARTS) is 1. The summed E-state index contributed by atoms with van der Waals surface area (Å²) in [6.45, 7) is 6.42. The number of likely N-dealkylation sites (N-methyl/N-ethyl adjacent to an activating group) is 1. The largest absolute Gasteiger partial charge is 0.481 e. The highest BCUT2D eigenvalue weighted by molar-refractivity contribution is 5.71. The van der Waals surface area contributed by atoms with Gasteiger partial charge in [0.2, 0.25) is 0 Å². The molecule has 1 heterocycles. The number of nitrogens with zero attached hydrogens (tertiary/aromatic N) is 1. The molecule has 1 aliphatic rings. The van der Waals surface area contributed by atoms with Crippen LogP contribution in [-0.4, -0.2) is 61.5 Å². The molecule has 1 saturated heterocycles. The molecular weight excluding hydrogens is 222 g/mol. The molecule has 0 spiro atoms. The maximum atomic E-state index is 11.2. The van der Waals surface area contributed by atoms with Crippen LogP contribution < -0.4 is 0 Å². The Hall–Kier alpha value is -0.650. The molecule has 0 aromatic heterocycles. The van der Waals surface area contributed by atoms with Crippen molar-refractivity contribution in [1.82, 2.24) is 4.90 Å². The van der Waals surface area contributed by atoms with E-state index in [1.165, 1.54) is 0 Å². The maximum Gasteiger partial charge on any atom is 0.310 e. The molecule has 3 atom stereocenters. The van der Waals surface area contributed by atoms with Crippen molar-refractivity contribution in [2.75, 3.05) is 33.5 Å². The Morgan fingerprint density at radius 2 is 2.24 bits per heavy atom. The summed E-state index contributed by atoms with van der Waals surface area (Å²) in [7, 11) is 1.68. The molecule has 5 nitrogen and oxygen atoms in total. The van der Waals surface area contributed by atoms with Crippen molar-refractivity contribution >= 4 is 5.97 Å². The molecule has 1 aliphatic heterocycles. The third-order valence-electron chi connectivity index (χ3n) is 3.46. The number of hydrogen-bond donors (Lipinski definition) is 1. The van der Waals surface area contributed by atoms with E-state index in [9.17, 15) is 9.90 Å². The molecule has 17 heavy (non-hydrogen) atoms. The second kappa shape index (κ2) is 6.93.